The molecule has 0 heterocycles. The van der Waals surface area contributed by atoms with Crippen LogP contribution < -0.4 is 5.32 Å². The van der Waals surface area contributed by atoms with Crippen LogP contribution in [0.25, 0.3) is 0 Å². The SMILES string of the molecule is CC(CC(=O)NC(CF)C(=O)O)c1ccc(F)cc1. The van der Waals surface area contributed by atoms with Gasteiger partial charge in [0.05, 0.1) is 0 Å². The number of carboxylic acids is 1. The van der Waals surface area contributed by atoms with Crippen LogP contribution in [0.2, 0.25) is 0 Å². The second kappa shape index (κ2) is 6.82. The topological polar surface area (TPSA) is 66.4 Å². The summed E-state index contributed by atoms with van der Waals surface area (Å²) in [6.45, 7) is 0.587. The van der Waals surface area contributed by atoms with E-state index < -0.39 is 24.6 Å². The number of carbonyl (C=O) groups excluding carboxylic acids is 1. The van der Waals surface area contributed by atoms with Gasteiger partial charge in [0.1, 0.15) is 12.5 Å². The Morgan fingerprint density at radius 1 is 1.32 bits per heavy atom. The minimum absolute atomic E-state index is 0.00934. The highest BCUT2D eigenvalue weighted by atomic mass is 19.1. The van der Waals surface area contributed by atoms with Crippen LogP contribution in [0.5, 0.6) is 0 Å². The quantitative estimate of drug-likeness (QED) is 0.830. The first-order valence-corrected chi connectivity index (χ1v) is 5.77. The fourth-order valence-corrected chi connectivity index (χ4v) is 1.61. The summed E-state index contributed by atoms with van der Waals surface area (Å²) in [5.74, 6) is -2.55. The van der Waals surface area contributed by atoms with E-state index in [1.165, 1.54) is 12.1 Å². The number of benzene rings is 1. The Morgan fingerprint density at radius 3 is 2.37 bits per heavy atom. The predicted molar refractivity (Wildman–Crippen MR) is 65.0 cm³/mol. The highest BCUT2D eigenvalue weighted by Gasteiger charge is 2.20. The summed E-state index contributed by atoms with van der Waals surface area (Å²) >= 11 is 0. The van der Waals surface area contributed by atoms with Gasteiger partial charge in [-0.3, -0.25) is 4.79 Å². The lowest BCUT2D eigenvalue weighted by Crippen LogP contribution is -2.42. The number of alkyl halides is 1. The lowest BCUT2D eigenvalue weighted by Gasteiger charge is -2.14. The average Bonchev–Trinajstić information content (AvgIpc) is 2.36. The van der Waals surface area contributed by atoms with E-state index in [0.29, 0.717) is 0 Å². The third kappa shape index (κ3) is 4.65. The molecule has 0 saturated heterocycles. The smallest absolute Gasteiger partial charge is 0.328 e. The minimum atomic E-state index is -1.52. The van der Waals surface area contributed by atoms with E-state index in [1.807, 2.05) is 0 Å². The highest BCUT2D eigenvalue weighted by molar-refractivity contribution is 5.84. The van der Waals surface area contributed by atoms with Crippen molar-refractivity contribution in [1.82, 2.24) is 5.32 Å². The standard InChI is InChI=1S/C13H15F2NO3/c1-8(9-2-4-10(15)5-3-9)6-12(17)16-11(7-14)13(18)19/h2-5,8,11H,6-7H2,1H3,(H,16,17)(H,18,19). The molecule has 2 N–H and O–H groups in total. The Balaban J connectivity index is 2.56. The molecule has 1 aromatic carbocycles. The van der Waals surface area contributed by atoms with Gasteiger partial charge in [-0.1, -0.05) is 19.1 Å². The Hall–Kier alpha value is -1.98. The fourth-order valence-electron chi connectivity index (χ4n) is 1.61. The molecule has 0 spiro atoms. The van der Waals surface area contributed by atoms with E-state index in [1.54, 1.807) is 19.1 Å². The van der Waals surface area contributed by atoms with E-state index in [4.69, 9.17) is 5.11 Å². The molecule has 1 amide bonds. The lowest BCUT2D eigenvalue weighted by atomic mass is 9.97. The van der Waals surface area contributed by atoms with Crippen LogP contribution in [0.15, 0.2) is 24.3 Å². The Morgan fingerprint density at radius 2 is 1.89 bits per heavy atom. The molecular weight excluding hydrogens is 256 g/mol. The van der Waals surface area contributed by atoms with Crippen molar-refractivity contribution in [2.75, 3.05) is 6.67 Å². The van der Waals surface area contributed by atoms with Crippen LogP contribution in [0.3, 0.4) is 0 Å². The summed E-state index contributed by atoms with van der Waals surface area (Å²) in [7, 11) is 0. The first kappa shape index (κ1) is 15.1. The van der Waals surface area contributed by atoms with Crippen molar-refractivity contribution < 1.29 is 23.5 Å². The molecule has 0 saturated carbocycles. The number of aliphatic carboxylic acids is 1. The predicted octanol–water partition coefficient (Wildman–Crippen LogP) is 1.86. The van der Waals surface area contributed by atoms with Gasteiger partial charge in [0.2, 0.25) is 5.91 Å². The summed E-state index contributed by atoms with van der Waals surface area (Å²) in [5, 5.41) is 10.7. The first-order chi connectivity index (χ1) is 8.93. The number of carbonyl (C=O) groups is 2. The van der Waals surface area contributed by atoms with Gasteiger partial charge in [0.15, 0.2) is 6.04 Å². The number of rotatable bonds is 6. The number of halogens is 2. The summed E-state index contributed by atoms with van der Waals surface area (Å²) in [4.78, 5) is 22.1. The molecule has 0 radical (unpaired) electrons. The van der Waals surface area contributed by atoms with Gasteiger partial charge in [0, 0.05) is 6.42 Å². The largest absolute Gasteiger partial charge is 0.480 e. The second-order valence-electron chi connectivity index (χ2n) is 4.27. The van der Waals surface area contributed by atoms with Gasteiger partial charge >= 0.3 is 5.97 Å². The molecule has 0 aliphatic rings. The zero-order valence-electron chi connectivity index (χ0n) is 10.4. The Kier molecular flexibility index (Phi) is 5.41. The third-order valence-corrected chi connectivity index (χ3v) is 2.72. The van der Waals surface area contributed by atoms with E-state index in [0.717, 1.165) is 5.56 Å². The maximum atomic E-state index is 12.7. The lowest BCUT2D eigenvalue weighted by molar-refractivity contribution is -0.142. The molecular formula is C13H15F2NO3. The first-order valence-electron chi connectivity index (χ1n) is 5.77. The van der Waals surface area contributed by atoms with Crippen molar-refractivity contribution in [1.29, 1.82) is 0 Å². The van der Waals surface area contributed by atoms with E-state index in [-0.39, 0.29) is 18.2 Å². The van der Waals surface area contributed by atoms with Gasteiger partial charge < -0.3 is 10.4 Å². The van der Waals surface area contributed by atoms with Crippen molar-refractivity contribution in [3.63, 3.8) is 0 Å². The average molecular weight is 271 g/mol. The maximum Gasteiger partial charge on any atom is 0.328 e. The molecule has 4 nitrogen and oxygen atoms in total. The van der Waals surface area contributed by atoms with Crippen molar-refractivity contribution in [2.45, 2.75) is 25.3 Å². The Labute approximate surface area is 109 Å². The van der Waals surface area contributed by atoms with E-state index >= 15 is 0 Å². The summed E-state index contributed by atoms with van der Waals surface area (Å²) in [5.41, 5.74) is 0.753. The molecule has 2 atom stereocenters. The van der Waals surface area contributed by atoms with Gasteiger partial charge in [-0.05, 0) is 23.6 Å². The molecule has 6 heteroatoms. The number of nitrogens with one attached hydrogen (secondary N) is 1. The zero-order valence-corrected chi connectivity index (χ0v) is 10.4. The fraction of sp³-hybridized carbons (Fsp3) is 0.385. The van der Waals surface area contributed by atoms with Gasteiger partial charge in [-0.15, -0.1) is 0 Å². The Bertz CT molecular complexity index is 448. The molecule has 1 rings (SSSR count). The monoisotopic (exact) mass is 271 g/mol. The molecule has 19 heavy (non-hydrogen) atoms. The second-order valence-corrected chi connectivity index (χ2v) is 4.27. The van der Waals surface area contributed by atoms with E-state index in [9.17, 15) is 18.4 Å². The molecule has 0 fully saturated rings. The normalized spacial score (nSPS) is 13.6. The van der Waals surface area contributed by atoms with Crippen molar-refractivity contribution >= 4 is 11.9 Å². The van der Waals surface area contributed by atoms with Gasteiger partial charge in [0.25, 0.3) is 0 Å². The van der Waals surface area contributed by atoms with Crippen molar-refractivity contribution in [3.8, 4) is 0 Å². The van der Waals surface area contributed by atoms with E-state index in [2.05, 4.69) is 5.32 Å². The van der Waals surface area contributed by atoms with Crippen LogP contribution in [-0.2, 0) is 9.59 Å². The number of carboxylic acid groups (broad SMARTS) is 1. The zero-order chi connectivity index (χ0) is 14.4. The minimum Gasteiger partial charge on any atom is -0.480 e. The molecule has 0 aromatic heterocycles. The highest BCUT2D eigenvalue weighted by Crippen LogP contribution is 2.19. The van der Waals surface area contributed by atoms with Crippen molar-refractivity contribution in [2.24, 2.45) is 0 Å². The van der Waals surface area contributed by atoms with Gasteiger partial charge in [-0.2, -0.15) is 0 Å². The molecule has 0 bridgehead atoms. The third-order valence-electron chi connectivity index (χ3n) is 2.72. The van der Waals surface area contributed by atoms with Crippen LogP contribution >= 0.6 is 0 Å². The molecule has 104 valence electrons. The van der Waals surface area contributed by atoms with Gasteiger partial charge in [-0.25, -0.2) is 13.6 Å². The van der Waals surface area contributed by atoms with Crippen LogP contribution in [0.4, 0.5) is 8.78 Å². The van der Waals surface area contributed by atoms with Crippen LogP contribution in [0.1, 0.15) is 24.8 Å². The molecule has 0 aliphatic carbocycles. The number of hydrogen-bond acceptors (Lipinski definition) is 2. The number of amides is 1. The summed E-state index contributed by atoms with van der Waals surface area (Å²) < 4.78 is 25.1. The maximum absolute atomic E-state index is 12.7. The molecule has 0 aliphatic heterocycles. The number of hydrogen-bond donors (Lipinski definition) is 2. The molecule has 1 aromatic rings. The molecule has 2 unspecified atom stereocenters. The van der Waals surface area contributed by atoms with Crippen molar-refractivity contribution in [3.05, 3.63) is 35.6 Å². The van der Waals surface area contributed by atoms with Crippen LogP contribution in [-0.4, -0.2) is 29.7 Å². The summed E-state index contributed by atoms with van der Waals surface area (Å²) in [6, 6.07) is 4.15. The summed E-state index contributed by atoms with van der Waals surface area (Å²) in [6.07, 6.45) is 0.00934. The van der Waals surface area contributed by atoms with Crippen LogP contribution in [0, 0.1) is 5.82 Å².